The van der Waals surface area contributed by atoms with Crippen molar-refractivity contribution in [2.24, 2.45) is 0 Å². The number of aromatic amines is 1. The van der Waals surface area contributed by atoms with E-state index < -0.39 is 6.04 Å². The van der Waals surface area contributed by atoms with Crippen LogP contribution in [0, 0.1) is 0 Å². The molecule has 2 amide bonds. The first-order valence-electron chi connectivity index (χ1n) is 5.39. The monoisotopic (exact) mass is 229 g/mol. The topological polar surface area (TPSA) is 74.0 Å². The summed E-state index contributed by atoms with van der Waals surface area (Å²) in [6.07, 6.45) is 1.76. The van der Waals surface area contributed by atoms with Crippen LogP contribution in [0.2, 0.25) is 0 Å². The summed E-state index contributed by atoms with van der Waals surface area (Å²) in [6, 6.07) is 7.08. The lowest BCUT2D eigenvalue weighted by Crippen LogP contribution is -2.50. The maximum Gasteiger partial charge on any atom is 0.247 e. The molecule has 0 spiro atoms. The van der Waals surface area contributed by atoms with E-state index >= 15 is 0 Å². The summed E-state index contributed by atoms with van der Waals surface area (Å²) in [6.45, 7) is 0.0533. The van der Waals surface area contributed by atoms with Gasteiger partial charge in [0, 0.05) is 22.7 Å². The number of carbonyl (C=O) groups excluding carboxylic acids is 2. The van der Waals surface area contributed by atoms with E-state index in [0.717, 1.165) is 16.5 Å². The zero-order valence-corrected chi connectivity index (χ0v) is 8.99. The fourth-order valence-electron chi connectivity index (χ4n) is 2.10. The minimum absolute atomic E-state index is 0.0533. The molecule has 1 atom stereocenters. The van der Waals surface area contributed by atoms with Crippen molar-refractivity contribution < 1.29 is 9.59 Å². The summed E-state index contributed by atoms with van der Waals surface area (Å²) in [7, 11) is 0. The Kier molecular flexibility index (Phi) is 2.11. The van der Waals surface area contributed by atoms with Crippen molar-refractivity contribution in [1.82, 2.24) is 15.6 Å². The van der Waals surface area contributed by atoms with E-state index in [-0.39, 0.29) is 18.4 Å². The standard InChI is InChI=1S/C12H11N3O2/c16-10-6-14-12(17)11(15-10)8-5-13-9-4-2-1-3-7(8)9/h1-5,11,13H,6H2,(H,14,17)(H,15,16)/t11-/m1/s1. The van der Waals surface area contributed by atoms with E-state index in [4.69, 9.17) is 0 Å². The van der Waals surface area contributed by atoms with Crippen LogP contribution >= 0.6 is 0 Å². The molecule has 3 N–H and O–H groups in total. The molecular formula is C12H11N3O2. The predicted octanol–water partition coefficient (Wildman–Crippen LogP) is 0.455. The van der Waals surface area contributed by atoms with Gasteiger partial charge in [-0.2, -0.15) is 0 Å². The van der Waals surface area contributed by atoms with Crippen LogP contribution in [0.25, 0.3) is 10.9 Å². The second kappa shape index (κ2) is 3.62. The van der Waals surface area contributed by atoms with Gasteiger partial charge in [0.05, 0.1) is 6.54 Å². The Morgan fingerprint density at radius 2 is 2.00 bits per heavy atom. The van der Waals surface area contributed by atoms with Crippen molar-refractivity contribution in [2.45, 2.75) is 6.04 Å². The van der Waals surface area contributed by atoms with E-state index in [2.05, 4.69) is 15.6 Å². The molecule has 1 saturated heterocycles. The van der Waals surface area contributed by atoms with Crippen LogP contribution in [0.1, 0.15) is 11.6 Å². The van der Waals surface area contributed by atoms with Crippen LogP contribution in [-0.4, -0.2) is 23.3 Å². The van der Waals surface area contributed by atoms with Gasteiger partial charge in [-0.3, -0.25) is 9.59 Å². The normalized spacial score (nSPS) is 20.1. The molecule has 0 bridgehead atoms. The average Bonchev–Trinajstić information content (AvgIpc) is 2.76. The molecule has 0 aliphatic carbocycles. The number of fused-ring (bicyclic) bond motifs is 1. The molecule has 17 heavy (non-hydrogen) atoms. The molecule has 2 aromatic rings. The highest BCUT2D eigenvalue weighted by atomic mass is 16.2. The van der Waals surface area contributed by atoms with E-state index in [0.29, 0.717) is 0 Å². The summed E-state index contributed by atoms with van der Waals surface area (Å²) in [4.78, 5) is 26.1. The van der Waals surface area contributed by atoms with Gasteiger partial charge < -0.3 is 15.6 Å². The molecule has 1 fully saturated rings. The minimum Gasteiger partial charge on any atom is -0.361 e. The maximum atomic E-state index is 11.7. The first-order valence-corrected chi connectivity index (χ1v) is 5.39. The molecule has 86 valence electrons. The third-order valence-corrected chi connectivity index (χ3v) is 2.92. The van der Waals surface area contributed by atoms with Gasteiger partial charge in [0.15, 0.2) is 0 Å². The van der Waals surface area contributed by atoms with Crippen molar-refractivity contribution in [3.05, 3.63) is 36.0 Å². The van der Waals surface area contributed by atoms with Crippen molar-refractivity contribution >= 4 is 22.7 Å². The maximum absolute atomic E-state index is 11.7. The van der Waals surface area contributed by atoms with Crippen molar-refractivity contribution in [3.8, 4) is 0 Å². The van der Waals surface area contributed by atoms with E-state index in [9.17, 15) is 9.59 Å². The lowest BCUT2D eigenvalue weighted by atomic mass is 10.0. The molecule has 2 heterocycles. The fraction of sp³-hybridized carbons (Fsp3) is 0.167. The SMILES string of the molecule is O=C1CNC(=O)[C@@H](c2c[nH]c3ccccc23)N1. The number of aromatic nitrogens is 1. The Balaban J connectivity index is 2.08. The first kappa shape index (κ1) is 9.89. The van der Waals surface area contributed by atoms with Crippen LogP contribution in [-0.2, 0) is 9.59 Å². The second-order valence-electron chi connectivity index (χ2n) is 4.01. The fourth-order valence-corrected chi connectivity index (χ4v) is 2.10. The smallest absolute Gasteiger partial charge is 0.247 e. The average molecular weight is 229 g/mol. The minimum atomic E-state index is -0.604. The molecular weight excluding hydrogens is 218 g/mol. The summed E-state index contributed by atoms with van der Waals surface area (Å²) >= 11 is 0. The number of hydrogen-bond donors (Lipinski definition) is 3. The largest absolute Gasteiger partial charge is 0.361 e. The summed E-state index contributed by atoms with van der Waals surface area (Å²) in [5, 5.41) is 6.21. The van der Waals surface area contributed by atoms with Crippen molar-refractivity contribution in [2.75, 3.05) is 6.54 Å². The number of nitrogens with one attached hydrogen (secondary N) is 3. The van der Waals surface area contributed by atoms with Gasteiger partial charge in [-0.1, -0.05) is 18.2 Å². The molecule has 1 aliphatic heterocycles. The predicted molar refractivity (Wildman–Crippen MR) is 62.2 cm³/mol. The molecule has 5 nitrogen and oxygen atoms in total. The number of amides is 2. The Morgan fingerprint density at radius 3 is 2.88 bits per heavy atom. The third kappa shape index (κ3) is 1.56. The molecule has 1 aliphatic rings. The van der Waals surface area contributed by atoms with E-state index in [1.165, 1.54) is 0 Å². The molecule has 5 heteroatoms. The van der Waals surface area contributed by atoms with E-state index in [1.807, 2.05) is 24.3 Å². The summed E-state index contributed by atoms with van der Waals surface area (Å²) < 4.78 is 0. The van der Waals surface area contributed by atoms with Gasteiger partial charge in [0.2, 0.25) is 11.8 Å². The van der Waals surface area contributed by atoms with Gasteiger partial charge in [0.1, 0.15) is 6.04 Å². The number of carbonyl (C=O) groups is 2. The molecule has 1 aromatic carbocycles. The lowest BCUT2D eigenvalue weighted by Gasteiger charge is -2.22. The number of H-pyrrole nitrogens is 1. The Hall–Kier alpha value is -2.30. The van der Waals surface area contributed by atoms with Gasteiger partial charge in [-0.15, -0.1) is 0 Å². The zero-order chi connectivity index (χ0) is 11.8. The second-order valence-corrected chi connectivity index (χ2v) is 4.01. The number of piperazine rings is 1. The van der Waals surface area contributed by atoms with E-state index in [1.54, 1.807) is 6.20 Å². The molecule has 0 radical (unpaired) electrons. The Labute approximate surface area is 97.2 Å². The van der Waals surface area contributed by atoms with Gasteiger partial charge in [0.25, 0.3) is 0 Å². The molecule has 1 aromatic heterocycles. The quantitative estimate of drug-likeness (QED) is 0.664. The summed E-state index contributed by atoms with van der Waals surface area (Å²) in [5.41, 5.74) is 1.75. The molecule has 0 saturated carbocycles. The molecule has 0 unspecified atom stereocenters. The van der Waals surface area contributed by atoms with Crippen LogP contribution in [0.3, 0.4) is 0 Å². The lowest BCUT2D eigenvalue weighted by molar-refractivity contribution is -0.133. The third-order valence-electron chi connectivity index (χ3n) is 2.92. The first-order chi connectivity index (χ1) is 8.25. The van der Waals surface area contributed by atoms with Crippen LogP contribution in [0.15, 0.2) is 30.5 Å². The number of para-hydroxylation sites is 1. The highest BCUT2D eigenvalue weighted by Gasteiger charge is 2.29. The van der Waals surface area contributed by atoms with Gasteiger partial charge >= 0.3 is 0 Å². The van der Waals surface area contributed by atoms with Gasteiger partial charge in [-0.25, -0.2) is 0 Å². The summed E-state index contributed by atoms with van der Waals surface area (Å²) in [5.74, 6) is -0.339. The van der Waals surface area contributed by atoms with Crippen LogP contribution in [0.4, 0.5) is 0 Å². The highest BCUT2D eigenvalue weighted by molar-refractivity contribution is 5.98. The zero-order valence-electron chi connectivity index (χ0n) is 8.99. The van der Waals surface area contributed by atoms with Crippen molar-refractivity contribution in [1.29, 1.82) is 0 Å². The Morgan fingerprint density at radius 1 is 1.18 bits per heavy atom. The number of benzene rings is 1. The van der Waals surface area contributed by atoms with Crippen LogP contribution in [0.5, 0.6) is 0 Å². The Bertz CT molecular complexity index is 603. The number of hydrogen-bond acceptors (Lipinski definition) is 2. The van der Waals surface area contributed by atoms with Crippen molar-refractivity contribution in [3.63, 3.8) is 0 Å². The number of rotatable bonds is 1. The molecule has 3 rings (SSSR count). The highest BCUT2D eigenvalue weighted by Crippen LogP contribution is 2.24. The van der Waals surface area contributed by atoms with Crippen LogP contribution < -0.4 is 10.6 Å². The van der Waals surface area contributed by atoms with Gasteiger partial charge in [-0.05, 0) is 6.07 Å².